The molecule has 2 heterocycles. The van der Waals surface area contributed by atoms with Crippen molar-refractivity contribution in [2.75, 3.05) is 19.0 Å². The first-order valence-electron chi connectivity index (χ1n) is 5.64. The van der Waals surface area contributed by atoms with Gasteiger partial charge in [0.2, 0.25) is 5.13 Å². The lowest BCUT2D eigenvalue weighted by Crippen LogP contribution is -2.17. The highest BCUT2D eigenvalue weighted by atomic mass is 32.1. The number of aromatic nitrogens is 4. The summed E-state index contributed by atoms with van der Waals surface area (Å²) in [6, 6.07) is 0. The Morgan fingerprint density at radius 1 is 1.45 bits per heavy atom. The smallest absolute Gasteiger partial charge is 0.384 e. The van der Waals surface area contributed by atoms with Crippen molar-refractivity contribution in [3.8, 4) is 0 Å². The molecule has 0 bridgehead atoms. The van der Waals surface area contributed by atoms with Gasteiger partial charge in [0.25, 0.3) is 0 Å². The molecule has 0 spiro atoms. The van der Waals surface area contributed by atoms with Crippen LogP contribution in [0.3, 0.4) is 0 Å². The van der Waals surface area contributed by atoms with Crippen LogP contribution in [0.25, 0.3) is 0 Å². The van der Waals surface area contributed by atoms with Gasteiger partial charge in [-0.15, -0.1) is 0 Å². The Morgan fingerprint density at radius 3 is 2.95 bits per heavy atom. The highest BCUT2D eigenvalue weighted by Gasteiger charge is 2.28. The van der Waals surface area contributed by atoms with E-state index in [9.17, 15) is 13.2 Å². The number of hydrogen-bond donors (Lipinski definition) is 1. The van der Waals surface area contributed by atoms with E-state index in [1.807, 2.05) is 0 Å². The average Bonchev–Trinajstić information content (AvgIpc) is 2.95. The SMILES string of the molecule is COCCc1nsc(Nc2cnn(CC(F)(F)F)c2)n1. The maximum atomic E-state index is 12.2. The van der Waals surface area contributed by atoms with Crippen molar-refractivity contribution in [2.24, 2.45) is 0 Å². The van der Waals surface area contributed by atoms with E-state index in [-0.39, 0.29) is 0 Å². The van der Waals surface area contributed by atoms with Gasteiger partial charge >= 0.3 is 6.18 Å². The number of ether oxygens (including phenoxy) is 1. The first-order valence-corrected chi connectivity index (χ1v) is 6.41. The number of halogens is 3. The molecule has 0 saturated heterocycles. The van der Waals surface area contributed by atoms with Gasteiger partial charge in [-0.3, -0.25) is 4.68 Å². The highest BCUT2D eigenvalue weighted by Crippen LogP contribution is 2.21. The average molecular weight is 307 g/mol. The van der Waals surface area contributed by atoms with Crippen LogP contribution < -0.4 is 5.32 Å². The summed E-state index contributed by atoms with van der Waals surface area (Å²) < 4.78 is 46.4. The van der Waals surface area contributed by atoms with Crippen LogP contribution in [0, 0.1) is 0 Å². The molecule has 0 amide bonds. The molecule has 0 radical (unpaired) electrons. The molecule has 2 aromatic rings. The van der Waals surface area contributed by atoms with Crippen LogP contribution in [-0.4, -0.2) is 39.0 Å². The van der Waals surface area contributed by atoms with Gasteiger partial charge in [0.05, 0.1) is 18.5 Å². The quantitative estimate of drug-likeness (QED) is 0.886. The molecule has 0 fully saturated rings. The Balaban J connectivity index is 1.94. The van der Waals surface area contributed by atoms with E-state index in [1.54, 1.807) is 7.11 Å². The van der Waals surface area contributed by atoms with Crippen molar-refractivity contribution in [1.82, 2.24) is 19.1 Å². The van der Waals surface area contributed by atoms with Crippen LogP contribution in [0.1, 0.15) is 5.82 Å². The monoisotopic (exact) mass is 307 g/mol. The van der Waals surface area contributed by atoms with Gasteiger partial charge in [0.1, 0.15) is 12.4 Å². The van der Waals surface area contributed by atoms with Gasteiger partial charge in [-0.2, -0.15) is 22.6 Å². The Hall–Kier alpha value is -1.68. The van der Waals surface area contributed by atoms with Crippen molar-refractivity contribution < 1.29 is 17.9 Å². The fourth-order valence-electron chi connectivity index (χ4n) is 1.42. The minimum absolute atomic E-state index is 0.434. The molecule has 0 unspecified atom stereocenters. The van der Waals surface area contributed by atoms with Crippen molar-refractivity contribution in [3.05, 3.63) is 18.2 Å². The van der Waals surface area contributed by atoms with Crippen LogP contribution in [0.15, 0.2) is 12.4 Å². The van der Waals surface area contributed by atoms with E-state index in [0.717, 1.165) is 16.2 Å². The molecule has 0 saturated carbocycles. The normalized spacial score (nSPS) is 11.8. The standard InChI is InChI=1S/C10H12F3N5OS/c1-19-3-2-8-16-9(20-17-8)15-7-4-14-18(5-7)6-10(11,12)13/h4-5H,2-3,6H2,1H3,(H,15,16,17). The second-order valence-corrected chi connectivity index (χ2v) is 4.68. The zero-order valence-electron chi connectivity index (χ0n) is 10.5. The lowest BCUT2D eigenvalue weighted by Gasteiger charge is -2.04. The van der Waals surface area contributed by atoms with Gasteiger partial charge in [-0.25, -0.2) is 4.98 Å². The summed E-state index contributed by atoms with van der Waals surface area (Å²) in [4.78, 5) is 4.18. The molecule has 0 aliphatic rings. The molecule has 0 aliphatic heterocycles. The number of methoxy groups -OCH3 is 1. The molecule has 0 aliphatic carbocycles. The van der Waals surface area contributed by atoms with E-state index in [0.29, 0.717) is 29.7 Å². The Kier molecular flexibility index (Phi) is 4.55. The summed E-state index contributed by atoms with van der Waals surface area (Å²) >= 11 is 1.13. The molecule has 20 heavy (non-hydrogen) atoms. The van der Waals surface area contributed by atoms with E-state index in [2.05, 4.69) is 19.8 Å². The predicted octanol–water partition coefficient (Wildman–Crippen LogP) is 2.23. The lowest BCUT2D eigenvalue weighted by molar-refractivity contribution is -0.142. The first kappa shape index (κ1) is 14.7. The summed E-state index contributed by atoms with van der Waals surface area (Å²) in [5, 5.41) is 6.99. The van der Waals surface area contributed by atoms with Crippen LogP contribution in [0.4, 0.5) is 24.0 Å². The third-order valence-corrected chi connectivity index (χ3v) is 2.89. The van der Waals surface area contributed by atoms with Gasteiger partial charge in [-0.05, 0) is 0 Å². The maximum absolute atomic E-state index is 12.2. The van der Waals surface area contributed by atoms with Crippen molar-refractivity contribution in [3.63, 3.8) is 0 Å². The van der Waals surface area contributed by atoms with Gasteiger partial charge < -0.3 is 10.1 Å². The second kappa shape index (κ2) is 6.18. The zero-order chi connectivity index (χ0) is 14.6. The van der Waals surface area contributed by atoms with E-state index in [4.69, 9.17) is 4.74 Å². The molecule has 110 valence electrons. The Labute approximate surface area is 116 Å². The maximum Gasteiger partial charge on any atom is 0.408 e. The Bertz CT molecular complexity index is 553. The van der Waals surface area contributed by atoms with E-state index >= 15 is 0 Å². The second-order valence-electron chi connectivity index (χ2n) is 3.93. The molecule has 10 heteroatoms. The fraction of sp³-hybridized carbons (Fsp3) is 0.500. The molecular weight excluding hydrogens is 295 g/mol. The minimum atomic E-state index is -4.29. The number of rotatable bonds is 6. The topological polar surface area (TPSA) is 64.9 Å². The lowest BCUT2D eigenvalue weighted by atomic mass is 10.4. The van der Waals surface area contributed by atoms with Crippen LogP contribution in [0.5, 0.6) is 0 Å². The zero-order valence-corrected chi connectivity index (χ0v) is 11.3. The number of nitrogens with one attached hydrogen (secondary N) is 1. The van der Waals surface area contributed by atoms with Crippen molar-refractivity contribution in [1.29, 1.82) is 0 Å². The summed E-state index contributed by atoms with van der Waals surface area (Å²) in [6.07, 6.45) is -1.13. The van der Waals surface area contributed by atoms with E-state index < -0.39 is 12.7 Å². The molecule has 0 aromatic carbocycles. The predicted molar refractivity (Wildman–Crippen MR) is 67.1 cm³/mol. The van der Waals surface area contributed by atoms with Crippen LogP contribution in [0.2, 0.25) is 0 Å². The van der Waals surface area contributed by atoms with Gasteiger partial charge in [0, 0.05) is 31.3 Å². The fourth-order valence-corrected chi connectivity index (χ4v) is 2.06. The van der Waals surface area contributed by atoms with Crippen molar-refractivity contribution in [2.45, 2.75) is 19.1 Å². The van der Waals surface area contributed by atoms with Crippen LogP contribution in [-0.2, 0) is 17.7 Å². The summed E-state index contributed by atoms with van der Waals surface area (Å²) in [6.45, 7) is -0.608. The first-order chi connectivity index (χ1) is 9.46. The summed E-state index contributed by atoms with van der Waals surface area (Å²) in [5.74, 6) is 0.627. The molecule has 0 atom stereocenters. The number of hydrogen-bond acceptors (Lipinski definition) is 6. The summed E-state index contributed by atoms with van der Waals surface area (Å²) in [7, 11) is 1.58. The Morgan fingerprint density at radius 2 is 2.25 bits per heavy atom. The summed E-state index contributed by atoms with van der Waals surface area (Å²) in [5.41, 5.74) is 0.434. The van der Waals surface area contributed by atoms with Gasteiger partial charge in [-0.1, -0.05) is 0 Å². The molecular formula is C10H12F3N5OS. The largest absolute Gasteiger partial charge is 0.408 e. The number of alkyl halides is 3. The third-order valence-electron chi connectivity index (χ3n) is 2.22. The van der Waals surface area contributed by atoms with Crippen molar-refractivity contribution >= 4 is 22.4 Å². The molecule has 6 nitrogen and oxygen atoms in total. The highest BCUT2D eigenvalue weighted by molar-refractivity contribution is 7.09. The molecule has 2 rings (SSSR count). The van der Waals surface area contributed by atoms with Crippen LogP contribution >= 0.6 is 11.5 Å². The third kappa shape index (κ3) is 4.46. The van der Waals surface area contributed by atoms with Gasteiger partial charge in [0.15, 0.2) is 0 Å². The molecule has 2 aromatic heterocycles. The minimum Gasteiger partial charge on any atom is -0.384 e. The molecule has 1 N–H and O–H groups in total. The number of nitrogens with zero attached hydrogens (tertiary/aromatic N) is 4. The number of anilines is 2. The van der Waals surface area contributed by atoms with E-state index in [1.165, 1.54) is 12.4 Å².